The van der Waals surface area contributed by atoms with Crippen LogP contribution in [0.2, 0.25) is 0 Å². The van der Waals surface area contributed by atoms with Crippen LogP contribution in [-0.4, -0.2) is 37.1 Å². The molecule has 1 aliphatic heterocycles. The molecule has 1 saturated heterocycles. The molecule has 1 fully saturated rings. The van der Waals surface area contributed by atoms with Gasteiger partial charge in [-0.1, -0.05) is 35.9 Å². The number of hydrogen-bond acceptors (Lipinski definition) is 4. The van der Waals surface area contributed by atoms with E-state index < -0.39 is 0 Å². The fourth-order valence-corrected chi connectivity index (χ4v) is 4.06. The lowest BCUT2D eigenvalue weighted by molar-refractivity contribution is -0.127. The highest BCUT2D eigenvalue weighted by Crippen LogP contribution is 2.31. The van der Waals surface area contributed by atoms with Crippen molar-refractivity contribution in [3.63, 3.8) is 0 Å². The van der Waals surface area contributed by atoms with E-state index in [1.165, 1.54) is 11.1 Å². The minimum Gasteiger partial charge on any atom is -0.490 e. The summed E-state index contributed by atoms with van der Waals surface area (Å²) >= 11 is 0. The molecule has 2 aromatic carbocycles. The van der Waals surface area contributed by atoms with Crippen LogP contribution in [-0.2, 0) is 11.3 Å². The highest BCUT2D eigenvalue weighted by atomic mass is 16.5. The molecule has 0 unspecified atom stereocenters. The normalized spacial score (nSPS) is 16.0. The fourth-order valence-electron chi connectivity index (χ4n) is 4.06. The van der Waals surface area contributed by atoms with Gasteiger partial charge in [-0.15, -0.1) is 0 Å². The standard InChI is InChI=1S/C26H36N2O3/c1-5-30-24-12-11-23(17-25(24)31-6-2)20(4)27-26(29)22-13-15-28(16-14-22)18-21-9-7-19(3)8-10-21/h7-12,17,20,22H,5-6,13-16,18H2,1-4H3,(H,27,29)/t20-/m0/s1. The van der Waals surface area contributed by atoms with Gasteiger partial charge < -0.3 is 14.8 Å². The maximum atomic E-state index is 12.9. The van der Waals surface area contributed by atoms with Crippen molar-refractivity contribution < 1.29 is 14.3 Å². The van der Waals surface area contributed by atoms with E-state index in [4.69, 9.17) is 9.47 Å². The number of carbonyl (C=O) groups is 1. The van der Waals surface area contributed by atoms with Crippen LogP contribution in [0.25, 0.3) is 0 Å². The first kappa shape index (κ1) is 23.1. The molecule has 1 aliphatic rings. The van der Waals surface area contributed by atoms with Crippen LogP contribution < -0.4 is 14.8 Å². The molecular weight excluding hydrogens is 388 g/mol. The second-order valence-electron chi connectivity index (χ2n) is 8.34. The van der Waals surface area contributed by atoms with E-state index in [1.54, 1.807) is 0 Å². The van der Waals surface area contributed by atoms with E-state index in [0.717, 1.165) is 49.5 Å². The Hall–Kier alpha value is -2.53. The van der Waals surface area contributed by atoms with Gasteiger partial charge in [0.1, 0.15) is 0 Å². The summed E-state index contributed by atoms with van der Waals surface area (Å²) in [6, 6.07) is 14.5. The van der Waals surface area contributed by atoms with Crippen molar-refractivity contribution in [2.45, 2.75) is 53.1 Å². The number of carbonyl (C=O) groups excluding carboxylic acids is 1. The number of ether oxygens (including phenoxy) is 2. The largest absolute Gasteiger partial charge is 0.490 e. The number of likely N-dealkylation sites (tertiary alicyclic amines) is 1. The summed E-state index contributed by atoms with van der Waals surface area (Å²) in [6.07, 6.45) is 1.80. The maximum Gasteiger partial charge on any atom is 0.223 e. The van der Waals surface area contributed by atoms with E-state index in [2.05, 4.69) is 41.4 Å². The molecule has 0 aromatic heterocycles. The molecule has 0 radical (unpaired) electrons. The topological polar surface area (TPSA) is 50.8 Å². The Morgan fingerprint density at radius 1 is 1.03 bits per heavy atom. The predicted octanol–water partition coefficient (Wildman–Crippen LogP) is 4.88. The molecule has 5 heteroatoms. The molecule has 1 amide bonds. The third kappa shape index (κ3) is 6.47. The number of benzene rings is 2. The average molecular weight is 425 g/mol. The van der Waals surface area contributed by atoms with Crippen LogP contribution in [0.1, 0.15) is 56.3 Å². The monoisotopic (exact) mass is 424 g/mol. The van der Waals surface area contributed by atoms with Crippen LogP contribution in [0.4, 0.5) is 0 Å². The lowest BCUT2D eigenvalue weighted by Crippen LogP contribution is -2.40. The summed E-state index contributed by atoms with van der Waals surface area (Å²) in [6.45, 7) is 12.1. The first-order valence-corrected chi connectivity index (χ1v) is 11.5. The Kier molecular flexibility index (Phi) is 8.35. The molecule has 3 rings (SSSR count). The van der Waals surface area contributed by atoms with Gasteiger partial charge in [0.15, 0.2) is 11.5 Å². The predicted molar refractivity (Wildman–Crippen MR) is 125 cm³/mol. The Labute approximate surface area is 186 Å². The first-order chi connectivity index (χ1) is 15.0. The second-order valence-corrected chi connectivity index (χ2v) is 8.34. The van der Waals surface area contributed by atoms with Gasteiger partial charge in [0.2, 0.25) is 5.91 Å². The van der Waals surface area contributed by atoms with Gasteiger partial charge in [0.25, 0.3) is 0 Å². The summed E-state index contributed by atoms with van der Waals surface area (Å²) in [5.74, 6) is 1.69. The zero-order valence-corrected chi connectivity index (χ0v) is 19.3. The summed E-state index contributed by atoms with van der Waals surface area (Å²) in [4.78, 5) is 15.3. The molecule has 0 spiro atoms. The third-order valence-electron chi connectivity index (χ3n) is 5.91. The number of rotatable bonds is 9. The lowest BCUT2D eigenvalue weighted by atomic mass is 9.94. The molecule has 0 aliphatic carbocycles. The molecule has 1 atom stereocenters. The van der Waals surface area contributed by atoms with E-state index >= 15 is 0 Å². The van der Waals surface area contributed by atoms with Gasteiger partial charge in [-0.05, 0) is 76.9 Å². The Bertz CT molecular complexity index is 842. The van der Waals surface area contributed by atoms with Gasteiger partial charge in [0, 0.05) is 12.5 Å². The Balaban J connectivity index is 1.52. The second kappa shape index (κ2) is 11.2. The zero-order chi connectivity index (χ0) is 22.2. The van der Waals surface area contributed by atoms with E-state index in [1.807, 2.05) is 39.0 Å². The number of aryl methyl sites for hydroxylation is 1. The maximum absolute atomic E-state index is 12.9. The molecular formula is C26H36N2O3. The number of piperidine rings is 1. The Morgan fingerprint density at radius 2 is 1.68 bits per heavy atom. The number of nitrogens with one attached hydrogen (secondary N) is 1. The van der Waals surface area contributed by atoms with E-state index in [-0.39, 0.29) is 17.9 Å². The average Bonchev–Trinajstić information content (AvgIpc) is 2.77. The third-order valence-corrected chi connectivity index (χ3v) is 5.91. The summed E-state index contributed by atoms with van der Waals surface area (Å²) in [5.41, 5.74) is 3.65. The van der Waals surface area contributed by atoms with Crippen LogP contribution >= 0.6 is 0 Å². The van der Waals surface area contributed by atoms with E-state index in [9.17, 15) is 4.79 Å². The molecule has 31 heavy (non-hydrogen) atoms. The van der Waals surface area contributed by atoms with Crippen LogP contribution in [0.5, 0.6) is 11.5 Å². The van der Waals surface area contributed by atoms with Crippen molar-refractivity contribution in [3.05, 3.63) is 59.2 Å². The Morgan fingerprint density at radius 3 is 2.32 bits per heavy atom. The van der Waals surface area contributed by atoms with Crippen molar-refractivity contribution in [2.75, 3.05) is 26.3 Å². The molecule has 1 heterocycles. The van der Waals surface area contributed by atoms with Gasteiger partial charge >= 0.3 is 0 Å². The van der Waals surface area contributed by atoms with Crippen molar-refractivity contribution >= 4 is 5.91 Å². The van der Waals surface area contributed by atoms with Crippen molar-refractivity contribution in [1.82, 2.24) is 10.2 Å². The summed E-state index contributed by atoms with van der Waals surface area (Å²) in [5, 5.41) is 3.20. The van der Waals surface area contributed by atoms with Gasteiger partial charge in [-0.25, -0.2) is 0 Å². The minimum atomic E-state index is -0.0760. The van der Waals surface area contributed by atoms with Crippen LogP contribution in [0.15, 0.2) is 42.5 Å². The number of nitrogens with zero attached hydrogens (tertiary/aromatic N) is 1. The highest BCUT2D eigenvalue weighted by molar-refractivity contribution is 5.79. The summed E-state index contributed by atoms with van der Waals surface area (Å²) in [7, 11) is 0. The molecule has 168 valence electrons. The smallest absolute Gasteiger partial charge is 0.223 e. The van der Waals surface area contributed by atoms with Crippen LogP contribution in [0.3, 0.4) is 0 Å². The molecule has 1 N–H and O–H groups in total. The molecule has 2 aromatic rings. The quantitative estimate of drug-likeness (QED) is 0.623. The molecule has 5 nitrogen and oxygen atoms in total. The fraction of sp³-hybridized carbons (Fsp3) is 0.500. The van der Waals surface area contributed by atoms with Gasteiger partial charge in [-0.2, -0.15) is 0 Å². The molecule has 0 bridgehead atoms. The van der Waals surface area contributed by atoms with Gasteiger partial charge in [-0.3, -0.25) is 9.69 Å². The zero-order valence-electron chi connectivity index (χ0n) is 19.3. The summed E-state index contributed by atoms with van der Waals surface area (Å²) < 4.78 is 11.4. The SMILES string of the molecule is CCOc1ccc([C@H](C)NC(=O)C2CCN(Cc3ccc(C)cc3)CC2)cc1OCC. The van der Waals surface area contributed by atoms with E-state index in [0.29, 0.717) is 13.2 Å². The highest BCUT2D eigenvalue weighted by Gasteiger charge is 2.26. The van der Waals surface area contributed by atoms with Crippen molar-refractivity contribution in [2.24, 2.45) is 5.92 Å². The minimum absolute atomic E-state index is 0.0748. The van der Waals surface area contributed by atoms with Crippen LogP contribution in [0, 0.1) is 12.8 Å². The first-order valence-electron chi connectivity index (χ1n) is 11.5. The molecule has 0 saturated carbocycles. The van der Waals surface area contributed by atoms with Crippen molar-refractivity contribution in [3.8, 4) is 11.5 Å². The van der Waals surface area contributed by atoms with Crippen molar-refractivity contribution in [1.29, 1.82) is 0 Å². The number of amides is 1. The number of hydrogen-bond donors (Lipinski definition) is 1. The van der Waals surface area contributed by atoms with Gasteiger partial charge in [0.05, 0.1) is 19.3 Å². The lowest BCUT2D eigenvalue weighted by Gasteiger charge is -2.32.